The second-order valence-electron chi connectivity index (χ2n) is 4.05. The van der Waals surface area contributed by atoms with Crippen molar-refractivity contribution in [3.8, 4) is 0 Å². The number of pyridine rings is 1. The molecule has 0 unspecified atom stereocenters. The van der Waals surface area contributed by atoms with Gasteiger partial charge in [0.25, 0.3) is 5.91 Å². The fraction of sp³-hybridized carbons (Fsp3) is 0.0714. The van der Waals surface area contributed by atoms with Crippen molar-refractivity contribution in [1.29, 1.82) is 0 Å². The van der Waals surface area contributed by atoms with Crippen LogP contribution in [0.1, 0.15) is 22.0 Å². The molecule has 1 aromatic carbocycles. The Balaban J connectivity index is 2.21. The number of carbonyl (C=O) groups is 2. The lowest BCUT2D eigenvalue weighted by Crippen LogP contribution is -2.33. The Bertz CT molecular complexity index is 631. The van der Waals surface area contributed by atoms with Gasteiger partial charge in [-0.2, -0.15) is 0 Å². The van der Waals surface area contributed by atoms with Gasteiger partial charge in [0, 0.05) is 6.20 Å². The van der Waals surface area contributed by atoms with Gasteiger partial charge in [-0.05, 0) is 11.6 Å². The van der Waals surface area contributed by atoms with Gasteiger partial charge in [-0.15, -0.1) is 0 Å². The van der Waals surface area contributed by atoms with Crippen molar-refractivity contribution in [2.24, 2.45) is 0 Å². The highest BCUT2D eigenvalue weighted by Crippen LogP contribution is 2.13. The van der Waals surface area contributed by atoms with Crippen LogP contribution in [0.25, 0.3) is 0 Å². The predicted molar refractivity (Wildman–Crippen MR) is 68.5 cm³/mol. The highest BCUT2D eigenvalue weighted by Gasteiger charge is 2.22. The van der Waals surface area contributed by atoms with Crippen LogP contribution in [0.4, 0.5) is 4.39 Å². The zero-order valence-corrected chi connectivity index (χ0v) is 10.3. The van der Waals surface area contributed by atoms with E-state index in [1.165, 1.54) is 6.20 Å². The third-order valence-electron chi connectivity index (χ3n) is 2.62. The molecule has 1 aromatic heterocycles. The van der Waals surface area contributed by atoms with E-state index in [9.17, 15) is 19.1 Å². The summed E-state index contributed by atoms with van der Waals surface area (Å²) >= 11 is 0. The van der Waals surface area contributed by atoms with E-state index in [4.69, 9.17) is 0 Å². The van der Waals surface area contributed by atoms with Crippen molar-refractivity contribution in [2.45, 2.75) is 6.04 Å². The van der Waals surface area contributed by atoms with Crippen LogP contribution in [-0.4, -0.2) is 22.0 Å². The van der Waals surface area contributed by atoms with Crippen molar-refractivity contribution < 1.29 is 19.1 Å². The fourth-order valence-corrected chi connectivity index (χ4v) is 1.68. The highest BCUT2D eigenvalue weighted by atomic mass is 19.1. The van der Waals surface area contributed by atoms with Crippen molar-refractivity contribution in [3.63, 3.8) is 0 Å². The first kappa shape index (κ1) is 13.7. The summed E-state index contributed by atoms with van der Waals surface area (Å²) in [4.78, 5) is 26.7. The Labute approximate surface area is 114 Å². The van der Waals surface area contributed by atoms with E-state index in [0.717, 1.165) is 12.3 Å². The average Bonchev–Trinajstić information content (AvgIpc) is 2.45. The molecule has 2 N–H and O–H groups in total. The minimum atomic E-state index is -1.20. The number of aromatic nitrogens is 1. The van der Waals surface area contributed by atoms with Crippen LogP contribution < -0.4 is 5.32 Å². The summed E-state index contributed by atoms with van der Waals surface area (Å²) in [7, 11) is 0. The molecule has 0 fully saturated rings. The van der Waals surface area contributed by atoms with Crippen LogP contribution in [-0.2, 0) is 4.79 Å². The zero-order valence-electron chi connectivity index (χ0n) is 10.3. The van der Waals surface area contributed by atoms with Crippen LogP contribution in [0.2, 0.25) is 0 Å². The Hall–Kier alpha value is -2.76. The smallest absolute Gasteiger partial charge is 0.330 e. The minimum Gasteiger partial charge on any atom is -0.479 e. The van der Waals surface area contributed by atoms with Gasteiger partial charge >= 0.3 is 5.97 Å². The van der Waals surface area contributed by atoms with Crippen molar-refractivity contribution in [2.75, 3.05) is 0 Å². The summed E-state index contributed by atoms with van der Waals surface area (Å²) in [5.41, 5.74) is 0.393. The monoisotopic (exact) mass is 274 g/mol. The number of carbonyl (C=O) groups excluding carboxylic acids is 1. The lowest BCUT2D eigenvalue weighted by Gasteiger charge is -2.14. The summed E-state index contributed by atoms with van der Waals surface area (Å²) in [5.74, 6) is -2.56. The number of hydrogen-bond donors (Lipinski definition) is 2. The summed E-state index contributed by atoms with van der Waals surface area (Å²) in [6, 6.07) is 8.04. The molecule has 5 nitrogen and oxygen atoms in total. The number of rotatable bonds is 4. The van der Waals surface area contributed by atoms with Gasteiger partial charge in [0.15, 0.2) is 6.04 Å². The molecule has 102 valence electrons. The van der Waals surface area contributed by atoms with Crippen LogP contribution in [0, 0.1) is 5.82 Å². The molecule has 20 heavy (non-hydrogen) atoms. The number of hydrogen-bond acceptors (Lipinski definition) is 3. The van der Waals surface area contributed by atoms with Crippen molar-refractivity contribution in [1.82, 2.24) is 10.3 Å². The molecule has 0 radical (unpaired) electrons. The fourth-order valence-electron chi connectivity index (χ4n) is 1.68. The number of halogens is 1. The van der Waals surface area contributed by atoms with E-state index in [0.29, 0.717) is 5.56 Å². The SMILES string of the molecule is O=C(N[C@H](C(=O)O)c1ccccc1)c1cncc(F)c1. The Kier molecular flexibility index (Phi) is 4.05. The Morgan fingerprint density at radius 2 is 1.90 bits per heavy atom. The molecule has 1 amide bonds. The van der Waals surface area contributed by atoms with Crippen LogP contribution in [0.3, 0.4) is 0 Å². The van der Waals surface area contributed by atoms with Gasteiger partial charge < -0.3 is 10.4 Å². The molecule has 0 bridgehead atoms. The average molecular weight is 274 g/mol. The van der Waals surface area contributed by atoms with Gasteiger partial charge in [0.1, 0.15) is 5.82 Å². The zero-order chi connectivity index (χ0) is 14.5. The highest BCUT2D eigenvalue weighted by molar-refractivity contribution is 5.96. The summed E-state index contributed by atoms with van der Waals surface area (Å²) in [5, 5.41) is 11.5. The molecule has 0 saturated carbocycles. The van der Waals surface area contributed by atoms with Gasteiger partial charge in [-0.25, -0.2) is 9.18 Å². The number of aliphatic carboxylic acids is 1. The third kappa shape index (κ3) is 3.17. The molecule has 0 saturated heterocycles. The normalized spacial score (nSPS) is 11.7. The molecule has 0 aliphatic heterocycles. The van der Waals surface area contributed by atoms with Gasteiger partial charge in [-0.1, -0.05) is 30.3 Å². The standard InChI is InChI=1S/C14H11FN2O3/c15-11-6-10(7-16-8-11)13(18)17-12(14(19)20)9-4-2-1-3-5-9/h1-8,12H,(H,17,18)(H,19,20)/t12-/m0/s1. The quantitative estimate of drug-likeness (QED) is 0.890. The maximum atomic E-state index is 13.0. The van der Waals surface area contributed by atoms with E-state index in [1.807, 2.05) is 0 Å². The molecule has 1 heterocycles. The van der Waals surface area contributed by atoms with Gasteiger partial charge in [0.05, 0.1) is 11.8 Å². The predicted octanol–water partition coefficient (Wildman–Crippen LogP) is 1.78. The maximum Gasteiger partial charge on any atom is 0.330 e. The molecule has 2 aromatic rings. The van der Waals surface area contributed by atoms with Gasteiger partial charge in [0.2, 0.25) is 0 Å². The molecular formula is C14H11FN2O3. The number of benzene rings is 1. The second-order valence-corrected chi connectivity index (χ2v) is 4.05. The first-order valence-electron chi connectivity index (χ1n) is 5.77. The maximum absolute atomic E-state index is 13.0. The van der Waals surface area contributed by atoms with Crippen LogP contribution >= 0.6 is 0 Å². The first-order valence-corrected chi connectivity index (χ1v) is 5.77. The summed E-state index contributed by atoms with van der Waals surface area (Å²) in [6.45, 7) is 0. The molecule has 0 aliphatic carbocycles. The molecule has 1 atom stereocenters. The number of amides is 1. The minimum absolute atomic E-state index is 0.0350. The van der Waals surface area contributed by atoms with Crippen LogP contribution in [0.15, 0.2) is 48.8 Å². The third-order valence-corrected chi connectivity index (χ3v) is 2.62. The molecule has 6 heteroatoms. The molecule has 0 aliphatic rings. The summed E-state index contributed by atoms with van der Waals surface area (Å²) < 4.78 is 13.0. The molecular weight excluding hydrogens is 263 g/mol. The number of nitrogens with zero attached hydrogens (tertiary/aromatic N) is 1. The Morgan fingerprint density at radius 3 is 2.50 bits per heavy atom. The molecule has 2 rings (SSSR count). The topological polar surface area (TPSA) is 79.3 Å². The van der Waals surface area contributed by atoms with E-state index in [-0.39, 0.29) is 5.56 Å². The number of carboxylic acids is 1. The first-order chi connectivity index (χ1) is 9.58. The molecule has 0 spiro atoms. The second kappa shape index (κ2) is 5.92. The van der Waals surface area contributed by atoms with E-state index in [1.54, 1.807) is 30.3 Å². The van der Waals surface area contributed by atoms with E-state index in [2.05, 4.69) is 10.3 Å². The lowest BCUT2D eigenvalue weighted by molar-refractivity contribution is -0.139. The van der Waals surface area contributed by atoms with Gasteiger partial charge in [-0.3, -0.25) is 9.78 Å². The van der Waals surface area contributed by atoms with E-state index >= 15 is 0 Å². The van der Waals surface area contributed by atoms with Crippen LogP contribution in [0.5, 0.6) is 0 Å². The van der Waals surface area contributed by atoms with Crippen molar-refractivity contribution in [3.05, 3.63) is 65.7 Å². The largest absolute Gasteiger partial charge is 0.479 e. The van der Waals surface area contributed by atoms with E-state index < -0.39 is 23.7 Å². The van der Waals surface area contributed by atoms with Crippen molar-refractivity contribution >= 4 is 11.9 Å². The number of nitrogens with one attached hydrogen (secondary N) is 1. The summed E-state index contributed by atoms with van der Waals surface area (Å²) in [6.07, 6.45) is 2.13. The Morgan fingerprint density at radius 1 is 1.20 bits per heavy atom. The number of carboxylic acid groups (broad SMARTS) is 1. The lowest BCUT2D eigenvalue weighted by atomic mass is 10.1.